The van der Waals surface area contributed by atoms with E-state index in [-0.39, 0.29) is 11.9 Å². The van der Waals surface area contributed by atoms with Crippen LogP contribution in [0.2, 0.25) is 0 Å². The molecule has 8 heteroatoms. The molecule has 1 amide bonds. The summed E-state index contributed by atoms with van der Waals surface area (Å²) < 4.78 is 12.7. The maximum atomic E-state index is 12.3. The summed E-state index contributed by atoms with van der Waals surface area (Å²) in [6.45, 7) is 1.73. The number of carbonyl (C=O) groups is 1. The van der Waals surface area contributed by atoms with Crippen LogP contribution in [0.4, 0.5) is 0 Å². The Morgan fingerprint density at radius 3 is 3.14 bits per heavy atom. The summed E-state index contributed by atoms with van der Waals surface area (Å²) in [5, 5.41) is 8.15. The van der Waals surface area contributed by atoms with Gasteiger partial charge in [0.2, 0.25) is 0 Å². The number of ether oxygens (including phenoxy) is 1. The van der Waals surface area contributed by atoms with Crippen molar-refractivity contribution in [2.45, 2.75) is 19.1 Å². The molecule has 0 radical (unpaired) electrons. The number of likely N-dealkylation sites (tertiary alicyclic amines) is 1. The van der Waals surface area contributed by atoms with E-state index in [0.29, 0.717) is 30.1 Å². The first-order chi connectivity index (χ1) is 10.2. The zero-order valence-electron chi connectivity index (χ0n) is 11.5. The standard InChI is InChI=1S/C13H15BrN4O3/c1-20-8-9-6-18(16-15-9)10-4-5-17(7-10)13(19)11-2-3-12(14)21-11/h2-3,6,10H,4-5,7-8H2,1H3. The average molecular weight is 355 g/mol. The van der Waals surface area contributed by atoms with Gasteiger partial charge in [0.15, 0.2) is 10.4 Å². The van der Waals surface area contributed by atoms with Crippen LogP contribution in [0, 0.1) is 0 Å². The lowest BCUT2D eigenvalue weighted by atomic mass is 10.3. The van der Waals surface area contributed by atoms with Crippen molar-refractivity contribution in [3.05, 3.63) is 34.5 Å². The first-order valence-electron chi connectivity index (χ1n) is 6.61. The van der Waals surface area contributed by atoms with Crippen LogP contribution in [0.15, 0.2) is 27.4 Å². The number of hydrogen-bond acceptors (Lipinski definition) is 5. The van der Waals surface area contributed by atoms with Gasteiger partial charge in [0.05, 0.1) is 18.8 Å². The predicted molar refractivity (Wildman–Crippen MR) is 76.7 cm³/mol. The largest absolute Gasteiger partial charge is 0.444 e. The number of carbonyl (C=O) groups excluding carboxylic acids is 1. The molecular weight excluding hydrogens is 340 g/mol. The van der Waals surface area contributed by atoms with E-state index in [0.717, 1.165) is 12.1 Å². The number of furan rings is 1. The third-order valence-electron chi connectivity index (χ3n) is 3.46. The maximum absolute atomic E-state index is 12.3. The van der Waals surface area contributed by atoms with Gasteiger partial charge < -0.3 is 14.1 Å². The van der Waals surface area contributed by atoms with E-state index in [1.54, 1.807) is 28.8 Å². The molecule has 0 aromatic carbocycles. The molecule has 1 aliphatic heterocycles. The van der Waals surface area contributed by atoms with Gasteiger partial charge in [-0.2, -0.15) is 0 Å². The van der Waals surface area contributed by atoms with Gasteiger partial charge in [-0.3, -0.25) is 4.79 Å². The fourth-order valence-corrected chi connectivity index (χ4v) is 2.74. The molecule has 0 spiro atoms. The number of methoxy groups -OCH3 is 1. The van der Waals surface area contributed by atoms with Crippen LogP contribution in [0.5, 0.6) is 0 Å². The molecule has 1 saturated heterocycles. The average Bonchev–Trinajstić information content (AvgIpc) is 3.17. The molecule has 1 aliphatic rings. The van der Waals surface area contributed by atoms with Gasteiger partial charge in [0.25, 0.3) is 5.91 Å². The lowest BCUT2D eigenvalue weighted by Crippen LogP contribution is -2.28. The monoisotopic (exact) mass is 354 g/mol. The molecule has 1 unspecified atom stereocenters. The Labute approximate surface area is 130 Å². The van der Waals surface area contributed by atoms with Crippen molar-refractivity contribution in [2.24, 2.45) is 0 Å². The number of halogens is 1. The fourth-order valence-electron chi connectivity index (χ4n) is 2.43. The van der Waals surface area contributed by atoms with Crippen molar-refractivity contribution in [3.63, 3.8) is 0 Å². The zero-order valence-corrected chi connectivity index (χ0v) is 13.1. The van der Waals surface area contributed by atoms with Crippen molar-refractivity contribution in [1.29, 1.82) is 0 Å². The van der Waals surface area contributed by atoms with Crippen molar-refractivity contribution in [2.75, 3.05) is 20.2 Å². The fraction of sp³-hybridized carbons (Fsp3) is 0.462. The minimum absolute atomic E-state index is 0.0968. The van der Waals surface area contributed by atoms with Crippen molar-refractivity contribution in [1.82, 2.24) is 19.9 Å². The Morgan fingerprint density at radius 2 is 2.43 bits per heavy atom. The highest BCUT2D eigenvalue weighted by Gasteiger charge is 2.30. The molecule has 3 heterocycles. The highest BCUT2D eigenvalue weighted by molar-refractivity contribution is 9.10. The van der Waals surface area contributed by atoms with Crippen LogP contribution < -0.4 is 0 Å². The lowest BCUT2D eigenvalue weighted by Gasteiger charge is -2.14. The first kappa shape index (κ1) is 14.3. The van der Waals surface area contributed by atoms with Gasteiger partial charge in [-0.25, -0.2) is 4.68 Å². The van der Waals surface area contributed by atoms with E-state index >= 15 is 0 Å². The van der Waals surface area contributed by atoms with E-state index < -0.39 is 0 Å². The summed E-state index contributed by atoms with van der Waals surface area (Å²) in [5.41, 5.74) is 0.789. The van der Waals surface area contributed by atoms with Gasteiger partial charge >= 0.3 is 0 Å². The Bertz CT molecular complexity index is 639. The van der Waals surface area contributed by atoms with Gasteiger partial charge in [-0.05, 0) is 34.5 Å². The molecule has 0 bridgehead atoms. The Hall–Kier alpha value is -1.67. The molecule has 1 fully saturated rings. The normalized spacial score (nSPS) is 18.4. The van der Waals surface area contributed by atoms with E-state index in [9.17, 15) is 4.79 Å². The van der Waals surface area contributed by atoms with E-state index in [1.807, 2.05) is 6.20 Å². The molecule has 0 saturated carbocycles. The van der Waals surface area contributed by atoms with Crippen LogP contribution in [-0.2, 0) is 11.3 Å². The summed E-state index contributed by atoms with van der Waals surface area (Å²) >= 11 is 3.20. The second kappa shape index (κ2) is 5.98. The molecule has 0 N–H and O–H groups in total. The molecule has 21 heavy (non-hydrogen) atoms. The molecule has 7 nitrogen and oxygen atoms in total. The van der Waals surface area contributed by atoms with Crippen LogP contribution >= 0.6 is 15.9 Å². The third-order valence-corrected chi connectivity index (χ3v) is 3.88. The number of nitrogens with zero attached hydrogens (tertiary/aromatic N) is 4. The minimum atomic E-state index is -0.0968. The predicted octanol–water partition coefficient (Wildman–Crippen LogP) is 1.87. The quantitative estimate of drug-likeness (QED) is 0.837. The molecule has 0 aliphatic carbocycles. The van der Waals surface area contributed by atoms with Crippen LogP contribution in [0.1, 0.15) is 28.7 Å². The second-order valence-electron chi connectivity index (χ2n) is 4.92. The van der Waals surface area contributed by atoms with E-state index in [1.165, 1.54) is 0 Å². The van der Waals surface area contributed by atoms with E-state index in [2.05, 4.69) is 26.2 Å². The lowest BCUT2D eigenvalue weighted by molar-refractivity contribution is 0.0754. The molecule has 2 aromatic heterocycles. The topological polar surface area (TPSA) is 73.4 Å². The van der Waals surface area contributed by atoms with Gasteiger partial charge in [-0.15, -0.1) is 5.10 Å². The number of aromatic nitrogens is 3. The van der Waals surface area contributed by atoms with Crippen molar-refractivity contribution in [3.8, 4) is 0 Å². The molecule has 2 aromatic rings. The van der Waals surface area contributed by atoms with Crippen molar-refractivity contribution >= 4 is 21.8 Å². The Morgan fingerprint density at radius 1 is 1.57 bits per heavy atom. The summed E-state index contributed by atoms with van der Waals surface area (Å²) in [6, 6.07) is 3.53. The van der Waals surface area contributed by atoms with Crippen molar-refractivity contribution < 1.29 is 13.9 Å². The second-order valence-corrected chi connectivity index (χ2v) is 5.70. The smallest absolute Gasteiger partial charge is 0.289 e. The summed E-state index contributed by atoms with van der Waals surface area (Å²) in [5.74, 6) is 0.251. The Kier molecular flexibility index (Phi) is 4.07. The minimum Gasteiger partial charge on any atom is -0.444 e. The van der Waals surface area contributed by atoms with Gasteiger partial charge in [-0.1, -0.05) is 5.21 Å². The van der Waals surface area contributed by atoms with Gasteiger partial charge in [0, 0.05) is 20.2 Å². The summed E-state index contributed by atoms with van der Waals surface area (Å²) in [4.78, 5) is 14.1. The highest BCUT2D eigenvalue weighted by Crippen LogP contribution is 2.24. The zero-order chi connectivity index (χ0) is 14.8. The molecular formula is C13H15BrN4O3. The number of amides is 1. The van der Waals surface area contributed by atoms with E-state index in [4.69, 9.17) is 9.15 Å². The molecule has 1 atom stereocenters. The molecule has 112 valence electrons. The van der Waals surface area contributed by atoms with Crippen LogP contribution in [0.25, 0.3) is 0 Å². The van der Waals surface area contributed by atoms with Crippen LogP contribution in [-0.4, -0.2) is 46.0 Å². The van der Waals surface area contributed by atoms with Gasteiger partial charge in [0.1, 0.15) is 5.69 Å². The first-order valence-corrected chi connectivity index (χ1v) is 7.41. The summed E-state index contributed by atoms with van der Waals surface area (Å²) in [7, 11) is 1.62. The maximum Gasteiger partial charge on any atom is 0.289 e. The van der Waals surface area contributed by atoms with Crippen LogP contribution in [0.3, 0.4) is 0 Å². The number of hydrogen-bond donors (Lipinski definition) is 0. The molecule has 3 rings (SSSR count). The Balaban J connectivity index is 1.65. The summed E-state index contributed by atoms with van der Waals surface area (Å²) in [6.07, 6.45) is 2.72. The third kappa shape index (κ3) is 3.01. The number of rotatable bonds is 4. The highest BCUT2D eigenvalue weighted by atomic mass is 79.9. The SMILES string of the molecule is COCc1cn(C2CCN(C(=O)c3ccc(Br)o3)C2)nn1.